The highest BCUT2D eigenvalue weighted by Gasteiger charge is 2.18. The fourth-order valence-electron chi connectivity index (χ4n) is 1.18. The molecule has 0 saturated carbocycles. The van der Waals surface area contributed by atoms with Crippen LogP contribution in [-0.4, -0.2) is 38.3 Å². The second kappa shape index (κ2) is 4.89. The van der Waals surface area contributed by atoms with Crippen molar-refractivity contribution >= 4 is 11.9 Å². The highest BCUT2D eigenvalue weighted by Crippen LogP contribution is 2.14. The summed E-state index contributed by atoms with van der Waals surface area (Å²) in [6, 6.07) is 1.33. The number of anilines is 1. The summed E-state index contributed by atoms with van der Waals surface area (Å²) in [7, 11) is 0. The summed E-state index contributed by atoms with van der Waals surface area (Å²) in [5.41, 5.74) is -0.441. The highest BCUT2D eigenvalue weighted by atomic mass is 16.4. The van der Waals surface area contributed by atoms with Gasteiger partial charge in [-0.1, -0.05) is 0 Å². The SMILES string of the molecule is CC(C)(CCO)Nc1nccc(C(=O)O)n1. The lowest BCUT2D eigenvalue weighted by molar-refractivity contribution is 0.0690. The van der Waals surface area contributed by atoms with Crippen molar-refractivity contribution in [2.45, 2.75) is 25.8 Å². The lowest BCUT2D eigenvalue weighted by Crippen LogP contribution is -2.33. The fourth-order valence-corrected chi connectivity index (χ4v) is 1.18. The molecule has 0 atom stereocenters. The van der Waals surface area contributed by atoms with Gasteiger partial charge in [0.2, 0.25) is 5.95 Å². The standard InChI is InChI=1S/C10H15N3O3/c1-10(2,4-6-14)13-9-11-5-3-7(12-9)8(15)16/h3,5,14H,4,6H2,1-2H3,(H,15,16)(H,11,12,13). The highest BCUT2D eigenvalue weighted by molar-refractivity contribution is 5.85. The number of hydrogen-bond donors (Lipinski definition) is 3. The average molecular weight is 225 g/mol. The fraction of sp³-hybridized carbons (Fsp3) is 0.500. The first-order chi connectivity index (χ1) is 7.44. The zero-order valence-electron chi connectivity index (χ0n) is 9.27. The molecule has 16 heavy (non-hydrogen) atoms. The minimum Gasteiger partial charge on any atom is -0.477 e. The van der Waals surface area contributed by atoms with Crippen LogP contribution in [0.5, 0.6) is 0 Å². The molecule has 0 fully saturated rings. The van der Waals surface area contributed by atoms with E-state index in [1.807, 2.05) is 13.8 Å². The Hall–Kier alpha value is -1.69. The first kappa shape index (κ1) is 12.4. The van der Waals surface area contributed by atoms with Crippen molar-refractivity contribution in [1.82, 2.24) is 9.97 Å². The number of nitrogens with one attached hydrogen (secondary N) is 1. The molecular formula is C10H15N3O3. The van der Waals surface area contributed by atoms with Crippen LogP contribution in [0, 0.1) is 0 Å². The van der Waals surface area contributed by atoms with Gasteiger partial charge in [-0.3, -0.25) is 0 Å². The molecule has 1 aromatic heterocycles. The minimum atomic E-state index is -1.09. The summed E-state index contributed by atoms with van der Waals surface area (Å²) in [4.78, 5) is 18.4. The van der Waals surface area contributed by atoms with Crippen LogP contribution < -0.4 is 5.32 Å². The van der Waals surface area contributed by atoms with Gasteiger partial charge in [0.05, 0.1) is 0 Å². The molecule has 1 heterocycles. The van der Waals surface area contributed by atoms with Crippen molar-refractivity contribution in [3.63, 3.8) is 0 Å². The Balaban J connectivity index is 2.81. The van der Waals surface area contributed by atoms with Crippen LogP contribution in [0.15, 0.2) is 12.3 Å². The van der Waals surface area contributed by atoms with E-state index in [2.05, 4.69) is 15.3 Å². The Bertz CT molecular complexity index is 379. The number of carbonyl (C=O) groups is 1. The summed E-state index contributed by atoms with van der Waals surface area (Å²) in [6.45, 7) is 3.79. The van der Waals surface area contributed by atoms with Gasteiger partial charge in [-0.15, -0.1) is 0 Å². The summed E-state index contributed by atoms with van der Waals surface area (Å²) in [6.07, 6.45) is 1.90. The third-order valence-corrected chi connectivity index (χ3v) is 2.06. The number of hydrogen-bond acceptors (Lipinski definition) is 5. The topological polar surface area (TPSA) is 95.3 Å². The van der Waals surface area contributed by atoms with Gasteiger partial charge in [-0.2, -0.15) is 0 Å². The number of aromatic carboxylic acids is 1. The van der Waals surface area contributed by atoms with Crippen molar-refractivity contribution in [2.24, 2.45) is 0 Å². The summed E-state index contributed by atoms with van der Waals surface area (Å²) >= 11 is 0. The molecule has 1 rings (SSSR count). The van der Waals surface area contributed by atoms with Crippen LogP contribution in [0.25, 0.3) is 0 Å². The maximum absolute atomic E-state index is 10.7. The molecule has 0 aromatic carbocycles. The molecule has 0 spiro atoms. The molecule has 0 radical (unpaired) electrons. The quantitative estimate of drug-likeness (QED) is 0.684. The molecular weight excluding hydrogens is 210 g/mol. The minimum absolute atomic E-state index is 0.0403. The molecule has 0 saturated heterocycles. The van der Waals surface area contributed by atoms with E-state index in [0.29, 0.717) is 6.42 Å². The molecule has 6 heteroatoms. The van der Waals surface area contributed by atoms with E-state index in [9.17, 15) is 4.79 Å². The normalized spacial score (nSPS) is 11.2. The molecule has 1 aromatic rings. The number of nitrogens with zero attached hydrogens (tertiary/aromatic N) is 2. The first-order valence-electron chi connectivity index (χ1n) is 4.90. The van der Waals surface area contributed by atoms with E-state index in [4.69, 9.17) is 10.2 Å². The smallest absolute Gasteiger partial charge is 0.354 e. The van der Waals surface area contributed by atoms with Gasteiger partial charge < -0.3 is 15.5 Å². The number of carboxylic acids is 1. The van der Waals surface area contributed by atoms with Gasteiger partial charge in [0.15, 0.2) is 5.69 Å². The predicted octanol–water partition coefficient (Wildman–Crippen LogP) is 0.748. The molecule has 3 N–H and O–H groups in total. The monoisotopic (exact) mass is 225 g/mol. The Labute approximate surface area is 93.4 Å². The van der Waals surface area contributed by atoms with Gasteiger partial charge in [-0.25, -0.2) is 14.8 Å². The third kappa shape index (κ3) is 3.47. The molecule has 0 bridgehead atoms. The number of aliphatic hydroxyl groups excluding tert-OH is 1. The Kier molecular flexibility index (Phi) is 3.78. The largest absolute Gasteiger partial charge is 0.477 e. The predicted molar refractivity (Wildman–Crippen MR) is 58.4 cm³/mol. The lowest BCUT2D eigenvalue weighted by Gasteiger charge is -2.25. The van der Waals surface area contributed by atoms with Gasteiger partial charge in [0.25, 0.3) is 0 Å². The van der Waals surface area contributed by atoms with E-state index in [1.54, 1.807) is 0 Å². The van der Waals surface area contributed by atoms with Crippen LogP contribution >= 0.6 is 0 Å². The van der Waals surface area contributed by atoms with Gasteiger partial charge in [0, 0.05) is 18.3 Å². The van der Waals surface area contributed by atoms with Crippen LogP contribution in [0.1, 0.15) is 30.8 Å². The number of aliphatic hydroxyl groups is 1. The lowest BCUT2D eigenvalue weighted by atomic mass is 10.0. The molecule has 0 aliphatic carbocycles. The second-order valence-electron chi connectivity index (χ2n) is 4.05. The maximum Gasteiger partial charge on any atom is 0.354 e. The van der Waals surface area contributed by atoms with Gasteiger partial charge in [0.1, 0.15) is 0 Å². The molecule has 6 nitrogen and oxygen atoms in total. The number of rotatable bonds is 5. The van der Waals surface area contributed by atoms with Crippen molar-refractivity contribution in [3.05, 3.63) is 18.0 Å². The molecule has 0 unspecified atom stereocenters. The second-order valence-corrected chi connectivity index (χ2v) is 4.05. The van der Waals surface area contributed by atoms with Crippen LogP contribution in [0.2, 0.25) is 0 Å². The van der Waals surface area contributed by atoms with Crippen molar-refractivity contribution in [2.75, 3.05) is 11.9 Å². The van der Waals surface area contributed by atoms with E-state index in [0.717, 1.165) is 0 Å². The molecule has 0 aliphatic rings. The van der Waals surface area contributed by atoms with E-state index < -0.39 is 5.97 Å². The Morgan fingerprint density at radius 3 is 2.81 bits per heavy atom. The van der Waals surface area contributed by atoms with Crippen molar-refractivity contribution in [1.29, 1.82) is 0 Å². The van der Waals surface area contributed by atoms with Crippen molar-refractivity contribution < 1.29 is 15.0 Å². The van der Waals surface area contributed by atoms with Gasteiger partial charge in [-0.05, 0) is 26.3 Å². The Morgan fingerprint density at radius 2 is 2.25 bits per heavy atom. The zero-order valence-corrected chi connectivity index (χ0v) is 9.27. The first-order valence-corrected chi connectivity index (χ1v) is 4.90. The molecule has 0 aliphatic heterocycles. The van der Waals surface area contributed by atoms with Gasteiger partial charge >= 0.3 is 5.97 Å². The number of carboxylic acid groups (broad SMARTS) is 1. The summed E-state index contributed by atoms with van der Waals surface area (Å²) in [5, 5.41) is 20.6. The zero-order chi connectivity index (χ0) is 12.2. The van der Waals surface area contributed by atoms with Crippen molar-refractivity contribution in [3.8, 4) is 0 Å². The summed E-state index contributed by atoms with van der Waals surface area (Å²) < 4.78 is 0. The maximum atomic E-state index is 10.7. The van der Waals surface area contributed by atoms with E-state index >= 15 is 0 Å². The molecule has 88 valence electrons. The Morgan fingerprint density at radius 1 is 1.56 bits per heavy atom. The van der Waals surface area contributed by atoms with Crippen LogP contribution in [0.4, 0.5) is 5.95 Å². The number of aromatic nitrogens is 2. The van der Waals surface area contributed by atoms with Crippen LogP contribution in [0.3, 0.4) is 0 Å². The van der Waals surface area contributed by atoms with E-state index in [-0.39, 0.29) is 23.8 Å². The summed E-state index contributed by atoms with van der Waals surface area (Å²) in [5.74, 6) is -0.844. The third-order valence-electron chi connectivity index (χ3n) is 2.06. The van der Waals surface area contributed by atoms with E-state index in [1.165, 1.54) is 12.3 Å². The van der Waals surface area contributed by atoms with Crippen LogP contribution in [-0.2, 0) is 0 Å². The molecule has 0 amide bonds. The average Bonchev–Trinajstić information content (AvgIpc) is 2.17.